The number of carbonyl (C=O) groups excluding carboxylic acids is 1. The van der Waals surface area contributed by atoms with Crippen molar-refractivity contribution in [3.8, 4) is 17.0 Å². The Bertz CT molecular complexity index is 624. The summed E-state index contributed by atoms with van der Waals surface area (Å²) < 4.78 is 5.35. The zero-order valence-corrected chi connectivity index (χ0v) is 10.6. The molecule has 0 fully saturated rings. The Morgan fingerprint density at radius 3 is 2.95 bits per heavy atom. The average Bonchev–Trinajstić information content (AvgIpc) is 2.86. The van der Waals surface area contributed by atoms with E-state index in [-0.39, 0.29) is 5.69 Å². The summed E-state index contributed by atoms with van der Waals surface area (Å²) in [5.41, 5.74) is 6.24. The lowest BCUT2D eigenvalue weighted by Gasteiger charge is -2.07. The molecule has 0 aliphatic carbocycles. The van der Waals surface area contributed by atoms with Gasteiger partial charge in [-0.2, -0.15) is 15.4 Å². The summed E-state index contributed by atoms with van der Waals surface area (Å²) in [5.74, 6) is -0.138. The van der Waals surface area contributed by atoms with Gasteiger partial charge in [-0.3, -0.25) is 4.79 Å². The Hall–Kier alpha value is -2.34. The molecule has 0 aliphatic rings. The molecule has 2 rings (SSSR count). The van der Waals surface area contributed by atoms with Gasteiger partial charge in [-0.1, -0.05) is 24.3 Å². The lowest BCUT2D eigenvalue weighted by molar-refractivity contribution is 0.0996. The molecule has 1 heterocycles. The molecular formula is C12H11ClN4O2. The lowest BCUT2D eigenvalue weighted by atomic mass is 10.1. The highest BCUT2D eigenvalue weighted by molar-refractivity contribution is 6.32. The van der Waals surface area contributed by atoms with Crippen LogP contribution in [-0.4, -0.2) is 27.9 Å². The number of ether oxygens (including phenoxy) is 1. The number of rotatable bonds is 5. The highest BCUT2D eigenvalue weighted by atomic mass is 35.5. The van der Waals surface area contributed by atoms with Gasteiger partial charge in [0.15, 0.2) is 5.69 Å². The smallest absolute Gasteiger partial charge is 0.271 e. The van der Waals surface area contributed by atoms with Crippen molar-refractivity contribution in [3.63, 3.8) is 0 Å². The van der Waals surface area contributed by atoms with Crippen LogP contribution in [0.25, 0.3) is 11.3 Å². The minimum atomic E-state index is -0.660. The van der Waals surface area contributed by atoms with Crippen LogP contribution in [0, 0.1) is 0 Å². The van der Waals surface area contributed by atoms with Crippen molar-refractivity contribution in [1.82, 2.24) is 15.4 Å². The predicted molar refractivity (Wildman–Crippen MR) is 71.0 cm³/mol. The second-order valence-electron chi connectivity index (χ2n) is 3.63. The molecule has 1 aromatic carbocycles. The second kappa shape index (κ2) is 5.53. The average molecular weight is 279 g/mol. The summed E-state index contributed by atoms with van der Waals surface area (Å²) in [6.45, 7) is 3.91. The SMILES string of the molecule is C=CCOc1ccc(-c2n[nH]nc2C(N)=O)cc1Cl. The van der Waals surface area contributed by atoms with E-state index in [1.807, 2.05) is 0 Å². The van der Waals surface area contributed by atoms with E-state index in [9.17, 15) is 4.79 Å². The predicted octanol–water partition coefficient (Wildman–Crippen LogP) is 1.79. The Kier molecular flexibility index (Phi) is 3.82. The maximum atomic E-state index is 11.2. The van der Waals surface area contributed by atoms with Crippen LogP contribution in [0.2, 0.25) is 5.02 Å². The monoisotopic (exact) mass is 278 g/mol. The van der Waals surface area contributed by atoms with Crippen LogP contribution in [0.1, 0.15) is 10.5 Å². The van der Waals surface area contributed by atoms with E-state index >= 15 is 0 Å². The maximum absolute atomic E-state index is 11.2. The summed E-state index contributed by atoms with van der Waals surface area (Å²) in [7, 11) is 0. The third-order valence-electron chi connectivity index (χ3n) is 2.34. The molecule has 1 aromatic heterocycles. The van der Waals surface area contributed by atoms with Gasteiger partial charge in [0.1, 0.15) is 18.1 Å². The first-order valence-electron chi connectivity index (χ1n) is 5.37. The van der Waals surface area contributed by atoms with E-state index in [4.69, 9.17) is 22.1 Å². The van der Waals surface area contributed by atoms with Crippen LogP contribution in [-0.2, 0) is 0 Å². The van der Waals surface area contributed by atoms with Crippen LogP contribution in [0.3, 0.4) is 0 Å². The van der Waals surface area contributed by atoms with Crippen LogP contribution in [0.15, 0.2) is 30.9 Å². The van der Waals surface area contributed by atoms with Crippen molar-refractivity contribution in [2.75, 3.05) is 6.61 Å². The van der Waals surface area contributed by atoms with Crippen molar-refractivity contribution in [2.24, 2.45) is 5.73 Å². The second-order valence-corrected chi connectivity index (χ2v) is 4.04. The van der Waals surface area contributed by atoms with Gasteiger partial charge in [-0.25, -0.2) is 0 Å². The fourth-order valence-corrected chi connectivity index (χ4v) is 1.75. The number of nitrogens with two attached hydrogens (primary N) is 1. The van der Waals surface area contributed by atoms with E-state index in [0.29, 0.717) is 28.6 Å². The van der Waals surface area contributed by atoms with Gasteiger partial charge < -0.3 is 10.5 Å². The van der Waals surface area contributed by atoms with Crippen LogP contribution in [0.5, 0.6) is 5.75 Å². The normalized spacial score (nSPS) is 10.2. The largest absolute Gasteiger partial charge is 0.488 e. The molecule has 2 aromatic rings. The van der Waals surface area contributed by atoms with Gasteiger partial charge in [0.2, 0.25) is 0 Å². The first-order valence-corrected chi connectivity index (χ1v) is 5.75. The van der Waals surface area contributed by atoms with Crippen molar-refractivity contribution in [2.45, 2.75) is 0 Å². The van der Waals surface area contributed by atoms with Crippen LogP contribution in [0.4, 0.5) is 0 Å². The quantitative estimate of drug-likeness (QED) is 0.815. The number of primary amides is 1. The Balaban J connectivity index is 2.36. The molecule has 0 atom stereocenters. The van der Waals surface area contributed by atoms with Crippen molar-refractivity contribution < 1.29 is 9.53 Å². The number of nitrogens with zero attached hydrogens (tertiary/aromatic N) is 2. The Morgan fingerprint density at radius 1 is 1.53 bits per heavy atom. The molecule has 0 aliphatic heterocycles. The number of halogens is 1. The summed E-state index contributed by atoms with van der Waals surface area (Å²) in [5, 5.41) is 10.3. The van der Waals surface area contributed by atoms with Gasteiger partial charge in [-0.05, 0) is 18.2 Å². The number of hydrogen-bond donors (Lipinski definition) is 2. The van der Waals surface area contributed by atoms with Crippen molar-refractivity contribution in [3.05, 3.63) is 41.6 Å². The molecule has 0 bridgehead atoms. The molecule has 6 nitrogen and oxygen atoms in total. The number of H-pyrrole nitrogens is 1. The molecule has 0 saturated heterocycles. The van der Waals surface area contributed by atoms with Crippen LogP contribution < -0.4 is 10.5 Å². The first-order chi connectivity index (χ1) is 9.13. The number of hydrogen-bond acceptors (Lipinski definition) is 4. The zero-order valence-electron chi connectivity index (χ0n) is 9.89. The molecule has 1 amide bonds. The molecule has 0 saturated carbocycles. The number of nitrogens with one attached hydrogen (secondary N) is 1. The van der Waals surface area contributed by atoms with Gasteiger partial charge >= 0.3 is 0 Å². The van der Waals surface area contributed by atoms with Crippen LogP contribution >= 0.6 is 11.6 Å². The zero-order chi connectivity index (χ0) is 13.8. The molecule has 3 N–H and O–H groups in total. The number of amides is 1. The molecule has 0 radical (unpaired) electrons. The van der Waals surface area contributed by atoms with Gasteiger partial charge in [0.25, 0.3) is 5.91 Å². The molecule has 7 heteroatoms. The molecule has 0 spiro atoms. The van der Waals surface area contributed by atoms with Crippen molar-refractivity contribution >= 4 is 17.5 Å². The summed E-state index contributed by atoms with van der Waals surface area (Å²) in [4.78, 5) is 11.2. The fourth-order valence-electron chi connectivity index (χ4n) is 1.52. The fraction of sp³-hybridized carbons (Fsp3) is 0.0833. The topological polar surface area (TPSA) is 93.9 Å². The summed E-state index contributed by atoms with van der Waals surface area (Å²) in [6.07, 6.45) is 1.62. The number of benzene rings is 1. The van der Waals surface area contributed by atoms with Gasteiger partial charge in [0, 0.05) is 5.56 Å². The van der Waals surface area contributed by atoms with Gasteiger partial charge in [0.05, 0.1) is 5.02 Å². The standard InChI is InChI=1S/C12H11ClN4O2/c1-2-5-19-9-4-3-7(6-8(9)13)10-11(12(14)18)16-17-15-10/h2-4,6H,1,5H2,(H2,14,18)(H,15,16,17). The Labute approximate surface area is 114 Å². The summed E-state index contributed by atoms with van der Waals surface area (Å²) >= 11 is 6.08. The minimum absolute atomic E-state index is 0.0656. The number of aromatic nitrogens is 3. The van der Waals surface area contributed by atoms with E-state index in [1.54, 1.807) is 24.3 Å². The third kappa shape index (κ3) is 2.74. The van der Waals surface area contributed by atoms with E-state index < -0.39 is 5.91 Å². The van der Waals surface area contributed by atoms with Crippen molar-refractivity contribution in [1.29, 1.82) is 0 Å². The van der Waals surface area contributed by atoms with E-state index in [0.717, 1.165) is 0 Å². The highest BCUT2D eigenvalue weighted by Gasteiger charge is 2.16. The first kappa shape index (κ1) is 13.1. The highest BCUT2D eigenvalue weighted by Crippen LogP contribution is 2.30. The molecule has 0 unspecified atom stereocenters. The van der Waals surface area contributed by atoms with Gasteiger partial charge in [-0.15, -0.1) is 0 Å². The Morgan fingerprint density at radius 2 is 2.32 bits per heavy atom. The number of carbonyl (C=O) groups is 1. The third-order valence-corrected chi connectivity index (χ3v) is 2.64. The molecular weight excluding hydrogens is 268 g/mol. The van der Waals surface area contributed by atoms with E-state index in [2.05, 4.69) is 22.0 Å². The lowest BCUT2D eigenvalue weighted by Crippen LogP contribution is -2.12. The maximum Gasteiger partial charge on any atom is 0.271 e. The number of aromatic amines is 1. The molecule has 19 heavy (non-hydrogen) atoms. The van der Waals surface area contributed by atoms with E-state index in [1.165, 1.54) is 0 Å². The molecule has 98 valence electrons. The minimum Gasteiger partial charge on any atom is -0.488 e. The summed E-state index contributed by atoms with van der Waals surface area (Å²) in [6, 6.07) is 5.03.